The fourth-order valence-corrected chi connectivity index (χ4v) is 1.01. The highest BCUT2D eigenvalue weighted by molar-refractivity contribution is 5.93. The molecule has 1 atom stereocenters. The van der Waals surface area contributed by atoms with Gasteiger partial charge in [-0.3, -0.25) is 9.59 Å². The number of rotatable bonds is 4. The highest BCUT2D eigenvalue weighted by atomic mass is 16.5. The van der Waals surface area contributed by atoms with Gasteiger partial charge in [0.2, 0.25) is 5.56 Å². The Bertz CT molecular complexity index is 386. The second-order valence-electron chi connectivity index (χ2n) is 3.20. The predicted octanol–water partition coefficient (Wildman–Crippen LogP) is 0.140. The molecule has 5 nitrogen and oxygen atoms in total. The molecule has 0 radical (unpaired) electrons. The number of H-pyrrole nitrogens is 1. The molecule has 0 fully saturated rings. The zero-order valence-corrected chi connectivity index (χ0v) is 8.74. The zero-order valence-electron chi connectivity index (χ0n) is 8.74. The summed E-state index contributed by atoms with van der Waals surface area (Å²) in [6.07, 6.45) is 1.40. The van der Waals surface area contributed by atoms with Crippen LogP contribution in [0.2, 0.25) is 0 Å². The molecule has 1 rings (SSSR count). The molecule has 1 heterocycles. The molecular weight excluding hydrogens is 196 g/mol. The molecule has 0 aliphatic heterocycles. The van der Waals surface area contributed by atoms with Crippen LogP contribution < -0.4 is 10.9 Å². The Kier molecular flexibility index (Phi) is 4.05. The van der Waals surface area contributed by atoms with Crippen molar-refractivity contribution in [2.75, 3.05) is 13.7 Å². The number of amides is 1. The summed E-state index contributed by atoms with van der Waals surface area (Å²) in [6, 6.07) is 2.81. The monoisotopic (exact) mass is 210 g/mol. The van der Waals surface area contributed by atoms with Crippen LogP contribution in [-0.2, 0) is 4.74 Å². The van der Waals surface area contributed by atoms with Crippen molar-refractivity contribution >= 4 is 5.91 Å². The van der Waals surface area contributed by atoms with Gasteiger partial charge in [0.15, 0.2) is 0 Å². The lowest BCUT2D eigenvalue weighted by atomic mass is 10.2. The van der Waals surface area contributed by atoms with E-state index in [-0.39, 0.29) is 17.6 Å². The second-order valence-corrected chi connectivity index (χ2v) is 3.20. The molecule has 2 N–H and O–H groups in total. The summed E-state index contributed by atoms with van der Waals surface area (Å²) >= 11 is 0. The Morgan fingerprint density at radius 2 is 2.40 bits per heavy atom. The topological polar surface area (TPSA) is 71.2 Å². The Labute approximate surface area is 87.5 Å². The van der Waals surface area contributed by atoms with Gasteiger partial charge in [-0.1, -0.05) is 0 Å². The van der Waals surface area contributed by atoms with E-state index in [2.05, 4.69) is 10.3 Å². The maximum atomic E-state index is 11.5. The SMILES string of the molecule is COC(C)CNC(=O)c1cc[nH]c(=O)c1. The average molecular weight is 210 g/mol. The van der Waals surface area contributed by atoms with Gasteiger partial charge < -0.3 is 15.0 Å². The van der Waals surface area contributed by atoms with Gasteiger partial charge in [-0.05, 0) is 13.0 Å². The molecule has 0 bridgehead atoms. The van der Waals surface area contributed by atoms with Gasteiger partial charge in [0.1, 0.15) is 0 Å². The maximum Gasteiger partial charge on any atom is 0.251 e. The number of pyridine rings is 1. The number of ether oxygens (including phenoxy) is 1. The number of carbonyl (C=O) groups excluding carboxylic acids is 1. The lowest BCUT2D eigenvalue weighted by Crippen LogP contribution is -2.32. The molecule has 0 spiro atoms. The molecule has 5 heteroatoms. The molecule has 15 heavy (non-hydrogen) atoms. The summed E-state index contributed by atoms with van der Waals surface area (Å²) in [5, 5.41) is 2.66. The molecular formula is C10H14N2O3. The first kappa shape index (κ1) is 11.5. The summed E-state index contributed by atoms with van der Waals surface area (Å²) < 4.78 is 4.98. The lowest BCUT2D eigenvalue weighted by molar-refractivity contribution is 0.0870. The molecule has 0 aliphatic carbocycles. The maximum absolute atomic E-state index is 11.5. The van der Waals surface area contributed by atoms with Crippen LogP contribution in [0.1, 0.15) is 17.3 Å². The molecule has 0 saturated carbocycles. The van der Waals surface area contributed by atoms with Crippen LogP contribution >= 0.6 is 0 Å². The standard InChI is InChI=1S/C10H14N2O3/c1-7(15-2)6-12-10(14)8-3-4-11-9(13)5-8/h3-5,7H,6H2,1-2H3,(H,11,13)(H,12,14). The number of nitrogens with one attached hydrogen (secondary N) is 2. The summed E-state index contributed by atoms with van der Waals surface area (Å²) in [5.41, 5.74) is 0.0597. The predicted molar refractivity (Wildman–Crippen MR) is 55.9 cm³/mol. The summed E-state index contributed by atoms with van der Waals surface area (Å²) in [4.78, 5) is 24.9. The van der Waals surface area contributed by atoms with E-state index in [1.807, 2.05) is 6.92 Å². The van der Waals surface area contributed by atoms with E-state index in [0.29, 0.717) is 12.1 Å². The van der Waals surface area contributed by atoms with Crippen molar-refractivity contribution < 1.29 is 9.53 Å². The van der Waals surface area contributed by atoms with Crippen LogP contribution in [-0.4, -0.2) is 30.6 Å². The first-order valence-electron chi connectivity index (χ1n) is 4.63. The normalized spacial score (nSPS) is 12.1. The first-order valence-corrected chi connectivity index (χ1v) is 4.63. The van der Waals surface area contributed by atoms with Crippen molar-refractivity contribution in [2.24, 2.45) is 0 Å². The van der Waals surface area contributed by atoms with Gasteiger partial charge in [0.05, 0.1) is 6.10 Å². The number of aromatic nitrogens is 1. The highest BCUT2D eigenvalue weighted by Crippen LogP contribution is 1.93. The Hall–Kier alpha value is -1.62. The quantitative estimate of drug-likeness (QED) is 0.742. The average Bonchev–Trinajstić information content (AvgIpc) is 2.25. The van der Waals surface area contributed by atoms with Gasteiger partial charge in [-0.25, -0.2) is 0 Å². The Morgan fingerprint density at radius 3 is 3.00 bits per heavy atom. The van der Waals surface area contributed by atoms with Crippen molar-refractivity contribution in [3.8, 4) is 0 Å². The van der Waals surface area contributed by atoms with E-state index in [1.165, 1.54) is 12.3 Å². The minimum atomic E-state index is -0.289. The van der Waals surface area contributed by atoms with Crippen LogP contribution in [0.4, 0.5) is 0 Å². The minimum absolute atomic E-state index is 0.0454. The smallest absolute Gasteiger partial charge is 0.251 e. The minimum Gasteiger partial charge on any atom is -0.380 e. The molecule has 0 saturated heterocycles. The van der Waals surface area contributed by atoms with Gasteiger partial charge in [0.25, 0.3) is 5.91 Å². The molecule has 0 aromatic carbocycles. The number of carbonyl (C=O) groups is 1. The summed E-state index contributed by atoms with van der Waals surface area (Å²) in [5.74, 6) is -0.273. The zero-order chi connectivity index (χ0) is 11.3. The van der Waals surface area contributed by atoms with Crippen molar-refractivity contribution in [1.29, 1.82) is 0 Å². The van der Waals surface area contributed by atoms with Crippen LogP contribution in [0.25, 0.3) is 0 Å². The summed E-state index contributed by atoms with van der Waals surface area (Å²) in [6.45, 7) is 2.26. The van der Waals surface area contributed by atoms with E-state index in [0.717, 1.165) is 0 Å². The molecule has 1 aromatic rings. The number of hydrogen-bond donors (Lipinski definition) is 2. The van der Waals surface area contributed by atoms with Crippen LogP contribution in [0.5, 0.6) is 0 Å². The first-order chi connectivity index (χ1) is 7.13. The lowest BCUT2D eigenvalue weighted by Gasteiger charge is -2.10. The van der Waals surface area contributed by atoms with E-state index in [1.54, 1.807) is 13.2 Å². The molecule has 82 valence electrons. The van der Waals surface area contributed by atoms with E-state index >= 15 is 0 Å². The Balaban J connectivity index is 2.58. The fourth-order valence-electron chi connectivity index (χ4n) is 1.01. The molecule has 0 aliphatic rings. The molecule has 1 unspecified atom stereocenters. The van der Waals surface area contributed by atoms with E-state index in [9.17, 15) is 9.59 Å². The second kappa shape index (κ2) is 5.31. The van der Waals surface area contributed by atoms with Crippen molar-refractivity contribution in [3.05, 3.63) is 34.2 Å². The third-order valence-electron chi connectivity index (χ3n) is 1.99. The molecule has 1 amide bonds. The van der Waals surface area contributed by atoms with Gasteiger partial charge in [-0.15, -0.1) is 0 Å². The Morgan fingerprint density at radius 1 is 1.67 bits per heavy atom. The van der Waals surface area contributed by atoms with E-state index < -0.39 is 0 Å². The fraction of sp³-hybridized carbons (Fsp3) is 0.400. The van der Waals surface area contributed by atoms with Crippen molar-refractivity contribution in [2.45, 2.75) is 13.0 Å². The van der Waals surface area contributed by atoms with Gasteiger partial charge in [-0.2, -0.15) is 0 Å². The van der Waals surface area contributed by atoms with Crippen LogP contribution in [0.15, 0.2) is 23.1 Å². The third-order valence-corrected chi connectivity index (χ3v) is 1.99. The highest BCUT2D eigenvalue weighted by Gasteiger charge is 2.07. The van der Waals surface area contributed by atoms with Crippen molar-refractivity contribution in [1.82, 2.24) is 10.3 Å². The van der Waals surface area contributed by atoms with Gasteiger partial charge >= 0.3 is 0 Å². The van der Waals surface area contributed by atoms with Crippen LogP contribution in [0.3, 0.4) is 0 Å². The van der Waals surface area contributed by atoms with Crippen molar-refractivity contribution in [3.63, 3.8) is 0 Å². The van der Waals surface area contributed by atoms with Crippen LogP contribution in [0, 0.1) is 0 Å². The van der Waals surface area contributed by atoms with Gasteiger partial charge in [0, 0.05) is 31.5 Å². The number of hydrogen-bond acceptors (Lipinski definition) is 3. The molecule has 1 aromatic heterocycles. The number of methoxy groups -OCH3 is 1. The largest absolute Gasteiger partial charge is 0.380 e. The van der Waals surface area contributed by atoms with E-state index in [4.69, 9.17) is 4.74 Å². The number of aromatic amines is 1. The third kappa shape index (κ3) is 3.55. The summed E-state index contributed by atoms with van der Waals surface area (Å²) in [7, 11) is 1.57.